The average molecular weight is 241 g/mol. The van der Waals surface area contributed by atoms with Crippen molar-refractivity contribution in [1.29, 1.82) is 0 Å². The maximum absolute atomic E-state index is 13.4. The van der Waals surface area contributed by atoms with Gasteiger partial charge < -0.3 is 9.64 Å². The number of anilines is 1. The molecule has 0 saturated carbocycles. The van der Waals surface area contributed by atoms with Crippen LogP contribution in [0.4, 0.5) is 14.5 Å². The minimum Gasteiger partial charge on any atom is -0.467 e. The van der Waals surface area contributed by atoms with E-state index in [9.17, 15) is 13.6 Å². The van der Waals surface area contributed by atoms with Gasteiger partial charge in [0.05, 0.1) is 13.7 Å². The smallest absolute Gasteiger partial charge is 0.328 e. The Labute approximate surface area is 98.0 Å². The summed E-state index contributed by atoms with van der Waals surface area (Å²) in [6.07, 6.45) is -0.492. The molecule has 0 amide bonds. The van der Waals surface area contributed by atoms with Crippen LogP contribution in [0, 0.1) is 0 Å². The van der Waals surface area contributed by atoms with Crippen LogP contribution >= 0.6 is 0 Å². The van der Waals surface area contributed by atoms with E-state index in [1.807, 2.05) is 0 Å². The van der Waals surface area contributed by atoms with E-state index in [4.69, 9.17) is 0 Å². The molecule has 92 valence electrons. The number of benzene rings is 1. The Bertz CT molecular complexity index is 408. The van der Waals surface area contributed by atoms with Crippen LogP contribution in [0.5, 0.6) is 0 Å². The predicted octanol–water partition coefficient (Wildman–Crippen LogP) is 2.07. The highest BCUT2D eigenvalue weighted by molar-refractivity contribution is 5.81. The number of methoxy groups -OCH3 is 1. The fraction of sp³-hybridized carbons (Fsp3) is 0.417. The molecule has 0 bridgehead atoms. The van der Waals surface area contributed by atoms with Crippen LogP contribution in [0.1, 0.15) is 6.42 Å². The number of esters is 1. The van der Waals surface area contributed by atoms with Crippen LogP contribution in [-0.4, -0.2) is 31.6 Å². The number of halogens is 2. The van der Waals surface area contributed by atoms with Crippen molar-refractivity contribution in [2.24, 2.45) is 0 Å². The van der Waals surface area contributed by atoms with E-state index in [-0.39, 0.29) is 0 Å². The van der Waals surface area contributed by atoms with Gasteiger partial charge >= 0.3 is 5.97 Å². The van der Waals surface area contributed by atoms with Gasteiger partial charge in [0, 0.05) is 12.1 Å². The van der Waals surface area contributed by atoms with Gasteiger partial charge in [0.25, 0.3) is 5.92 Å². The van der Waals surface area contributed by atoms with Gasteiger partial charge in [-0.3, -0.25) is 0 Å². The van der Waals surface area contributed by atoms with Gasteiger partial charge in [-0.25, -0.2) is 13.6 Å². The van der Waals surface area contributed by atoms with Gasteiger partial charge in [0.2, 0.25) is 0 Å². The quantitative estimate of drug-likeness (QED) is 0.742. The Hall–Kier alpha value is -1.65. The zero-order valence-electron chi connectivity index (χ0n) is 9.40. The molecule has 0 N–H and O–H groups in total. The lowest BCUT2D eigenvalue weighted by molar-refractivity contribution is -0.142. The lowest BCUT2D eigenvalue weighted by Gasteiger charge is -2.23. The summed E-state index contributed by atoms with van der Waals surface area (Å²) < 4.78 is 31.3. The molecule has 5 heteroatoms. The molecule has 0 aromatic heterocycles. The normalized spacial score (nSPS) is 22.5. The first-order valence-corrected chi connectivity index (χ1v) is 5.31. The third-order valence-electron chi connectivity index (χ3n) is 2.83. The molecule has 1 heterocycles. The van der Waals surface area contributed by atoms with Crippen molar-refractivity contribution in [2.75, 3.05) is 18.6 Å². The van der Waals surface area contributed by atoms with E-state index in [0.29, 0.717) is 5.69 Å². The number of para-hydroxylation sites is 1. The van der Waals surface area contributed by atoms with E-state index >= 15 is 0 Å². The van der Waals surface area contributed by atoms with Crippen molar-refractivity contribution in [1.82, 2.24) is 0 Å². The molecule has 1 fully saturated rings. The second-order valence-electron chi connectivity index (χ2n) is 4.06. The van der Waals surface area contributed by atoms with Crippen LogP contribution < -0.4 is 4.90 Å². The summed E-state index contributed by atoms with van der Waals surface area (Å²) in [6.45, 7) is -0.448. The summed E-state index contributed by atoms with van der Waals surface area (Å²) in [6, 6.07) is 7.80. The highest BCUT2D eigenvalue weighted by Crippen LogP contribution is 2.35. The maximum Gasteiger partial charge on any atom is 0.328 e. The van der Waals surface area contributed by atoms with Gasteiger partial charge in [0.15, 0.2) is 0 Å². The van der Waals surface area contributed by atoms with E-state index in [2.05, 4.69) is 4.74 Å². The molecule has 0 radical (unpaired) electrons. The summed E-state index contributed by atoms with van der Waals surface area (Å²) in [4.78, 5) is 12.9. The zero-order chi connectivity index (χ0) is 12.5. The number of hydrogen-bond donors (Lipinski definition) is 0. The van der Waals surface area contributed by atoms with Crippen molar-refractivity contribution in [3.8, 4) is 0 Å². The molecule has 1 aromatic carbocycles. The Morgan fingerprint density at radius 3 is 2.65 bits per heavy atom. The third-order valence-corrected chi connectivity index (χ3v) is 2.83. The highest BCUT2D eigenvalue weighted by atomic mass is 19.3. The lowest BCUT2D eigenvalue weighted by atomic mass is 10.2. The molecule has 1 saturated heterocycles. The van der Waals surface area contributed by atoms with Crippen molar-refractivity contribution in [3.05, 3.63) is 30.3 Å². The summed E-state index contributed by atoms with van der Waals surface area (Å²) in [5.41, 5.74) is 0.611. The van der Waals surface area contributed by atoms with Gasteiger partial charge in [-0.2, -0.15) is 0 Å². The minimum atomic E-state index is -2.85. The first-order chi connectivity index (χ1) is 8.03. The van der Waals surface area contributed by atoms with Crippen LogP contribution in [-0.2, 0) is 9.53 Å². The molecule has 1 aromatic rings. The van der Waals surface area contributed by atoms with Gasteiger partial charge in [-0.15, -0.1) is 0 Å². The summed E-state index contributed by atoms with van der Waals surface area (Å²) >= 11 is 0. The summed E-state index contributed by atoms with van der Waals surface area (Å²) in [7, 11) is 1.21. The third kappa shape index (κ3) is 2.38. The Balaban J connectivity index is 2.28. The van der Waals surface area contributed by atoms with E-state index < -0.39 is 30.9 Å². The number of nitrogens with zero attached hydrogens (tertiary/aromatic N) is 1. The molecule has 0 spiro atoms. The van der Waals surface area contributed by atoms with Crippen molar-refractivity contribution in [2.45, 2.75) is 18.4 Å². The minimum absolute atomic E-state index is 0.448. The summed E-state index contributed by atoms with van der Waals surface area (Å²) in [5.74, 6) is -3.47. The molecule has 1 atom stereocenters. The van der Waals surface area contributed by atoms with Crippen molar-refractivity contribution < 1.29 is 18.3 Å². The fourth-order valence-corrected chi connectivity index (χ4v) is 2.05. The van der Waals surface area contributed by atoms with E-state index in [0.717, 1.165) is 0 Å². The molecule has 0 unspecified atom stereocenters. The van der Waals surface area contributed by atoms with E-state index in [1.54, 1.807) is 30.3 Å². The van der Waals surface area contributed by atoms with Crippen LogP contribution in [0.25, 0.3) is 0 Å². The molecular formula is C12H13F2NO2. The first kappa shape index (κ1) is 11.8. The second kappa shape index (κ2) is 4.31. The largest absolute Gasteiger partial charge is 0.467 e. The lowest BCUT2D eigenvalue weighted by Crippen LogP contribution is -2.36. The number of ether oxygens (including phenoxy) is 1. The van der Waals surface area contributed by atoms with Crippen LogP contribution in [0.3, 0.4) is 0 Å². The number of alkyl halides is 2. The zero-order valence-corrected chi connectivity index (χ0v) is 9.40. The Morgan fingerprint density at radius 1 is 1.41 bits per heavy atom. The Morgan fingerprint density at radius 2 is 2.06 bits per heavy atom. The van der Waals surface area contributed by atoms with Gasteiger partial charge in [-0.1, -0.05) is 18.2 Å². The standard InChI is InChI=1S/C12H13F2NO2/c1-17-11(16)10-7-12(13,14)8-15(10)9-5-3-2-4-6-9/h2-6,10H,7-8H2,1H3/t10-/m1/s1. The Kier molecular flexibility index (Phi) is 3.00. The fourth-order valence-electron chi connectivity index (χ4n) is 2.05. The van der Waals surface area contributed by atoms with Crippen molar-refractivity contribution >= 4 is 11.7 Å². The molecule has 0 aliphatic carbocycles. The molecule has 3 nitrogen and oxygen atoms in total. The molecular weight excluding hydrogens is 228 g/mol. The molecule has 1 aliphatic heterocycles. The van der Waals surface area contributed by atoms with Crippen LogP contribution in [0.15, 0.2) is 30.3 Å². The predicted molar refractivity (Wildman–Crippen MR) is 59.2 cm³/mol. The highest BCUT2D eigenvalue weighted by Gasteiger charge is 2.48. The van der Waals surface area contributed by atoms with Crippen molar-refractivity contribution in [3.63, 3.8) is 0 Å². The van der Waals surface area contributed by atoms with Gasteiger partial charge in [0.1, 0.15) is 6.04 Å². The van der Waals surface area contributed by atoms with Gasteiger partial charge in [-0.05, 0) is 12.1 Å². The molecule has 2 rings (SSSR count). The molecule has 1 aliphatic rings. The first-order valence-electron chi connectivity index (χ1n) is 5.31. The number of carbonyl (C=O) groups excluding carboxylic acids is 1. The SMILES string of the molecule is COC(=O)[C@H]1CC(F)(F)CN1c1ccccc1. The van der Waals surface area contributed by atoms with E-state index in [1.165, 1.54) is 12.0 Å². The van der Waals surface area contributed by atoms with Crippen LogP contribution in [0.2, 0.25) is 0 Å². The monoisotopic (exact) mass is 241 g/mol. The average Bonchev–Trinajstić information content (AvgIpc) is 2.65. The second-order valence-corrected chi connectivity index (χ2v) is 4.06. The summed E-state index contributed by atoms with van der Waals surface area (Å²) in [5, 5.41) is 0. The maximum atomic E-state index is 13.4. The number of carbonyl (C=O) groups is 1. The topological polar surface area (TPSA) is 29.5 Å². The molecule has 17 heavy (non-hydrogen) atoms. The number of rotatable bonds is 2. The number of hydrogen-bond acceptors (Lipinski definition) is 3.